The lowest BCUT2D eigenvalue weighted by Gasteiger charge is -2.17. The fourth-order valence-corrected chi connectivity index (χ4v) is 3.19. The number of aryl methyl sites for hydroxylation is 4. The van der Waals surface area contributed by atoms with Crippen molar-refractivity contribution in [3.63, 3.8) is 0 Å². The zero-order valence-corrected chi connectivity index (χ0v) is 17.9. The van der Waals surface area contributed by atoms with Gasteiger partial charge in [0.05, 0.1) is 14.2 Å². The van der Waals surface area contributed by atoms with E-state index in [-0.39, 0.29) is 12.3 Å². The number of methoxy groups -OCH3 is 2. The zero-order chi connectivity index (χ0) is 21.6. The van der Waals surface area contributed by atoms with Crippen molar-refractivity contribution >= 4 is 17.6 Å². The standard InChI is InChI=1S/C23H29NO5/c1-14-11-15(2)22(16(3)12-14)24-23(26)17(4)29-21(25)10-8-18-7-9-19(27-5)20(13-18)28-6/h7,9,11-13,17H,8,10H2,1-6H3,(H,24,26)/t17-/m1/s1. The van der Waals surface area contributed by atoms with E-state index in [9.17, 15) is 9.59 Å². The first-order valence-corrected chi connectivity index (χ1v) is 9.54. The molecular formula is C23H29NO5. The van der Waals surface area contributed by atoms with Gasteiger partial charge in [-0.2, -0.15) is 0 Å². The highest BCUT2D eigenvalue weighted by molar-refractivity contribution is 5.96. The Bertz CT molecular complexity index is 868. The van der Waals surface area contributed by atoms with Gasteiger partial charge in [0.1, 0.15) is 0 Å². The van der Waals surface area contributed by atoms with E-state index >= 15 is 0 Å². The number of hydrogen-bond donors (Lipinski definition) is 1. The topological polar surface area (TPSA) is 73.9 Å². The van der Waals surface area contributed by atoms with E-state index in [1.807, 2.05) is 45.0 Å². The number of hydrogen-bond acceptors (Lipinski definition) is 5. The summed E-state index contributed by atoms with van der Waals surface area (Å²) in [5.74, 6) is 0.458. The molecule has 1 atom stereocenters. The average Bonchev–Trinajstić information content (AvgIpc) is 2.68. The van der Waals surface area contributed by atoms with Crippen LogP contribution in [0.2, 0.25) is 0 Å². The molecule has 6 nitrogen and oxygen atoms in total. The van der Waals surface area contributed by atoms with Crippen molar-refractivity contribution in [3.05, 3.63) is 52.6 Å². The molecule has 6 heteroatoms. The number of rotatable bonds is 8. The molecule has 0 aliphatic rings. The molecule has 1 amide bonds. The van der Waals surface area contributed by atoms with Gasteiger partial charge in [0.2, 0.25) is 0 Å². The molecule has 0 aromatic heterocycles. The maximum absolute atomic E-state index is 12.4. The van der Waals surface area contributed by atoms with E-state index in [1.54, 1.807) is 27.2 Å². The first kappa shape index (κ1) is 22.3. The van der Waals surface area contributed by atoms with Crippen molar-refractivity contribution in [2.24, 2.45) is 0 Å². The van der Waals surface area contributed by atoms with E-state index in [2.05, 4.69) is 5.32 Å². The molecule has 0 aliphatic carbocycles. The summed E-state index contributed by atoms with van der Waals surface area (Å²) in [6.07, 6.45) is -0.243. The number of anilines is 1. The number of esters is 1. The molecule has 2 aromatic carbocycles. The van der Waals surface area contributed by atoms with E-state index in [4.69, 9.17) is 14.2 Å². The third-order valence-electron chi connectivity index (χ3n) is 4.67. The second kappa shape index (κ2) is 9.96. The third-order valence-corrected chi connectivity index (χ3v) is 4.67. The van der Waals surface area contributed by atoms with Gasteiger partial charge in [0.25, 0.3) is 5.91 Å². The van der Waals surface area contributed by atoms with Gasteiger partial charge in [-0.15, -0.1) is 0 Å². The van der Waals surface area contributed by atoms with Crippen LogP contribution in [-0.4, -0.2) is 32.2 Å². The summed E-state index contributed by atoms with van der Waals surface area (Å²) < 4.78 is 15.8. The first-order chi connectivity index (χ1) is 13.7. The molecule has 2 rings (SSSR count). The fourth-order valence-electron chi connectivity index (χ4n) is 3.19. The molecule has 0 bridgehead atoms. The summed E-state index contributed by atoms with van der Waals surface area (Å²) in [6, 6.07) is 9.49. The molecule has 0 spiro atoms. The number of nitrogens with one attached hydrogen (secondary N) is 1. The van der Waals surface area contributed by atoms with E-state index in [0.717, 1.165) is 27.9 Å². The van der Waals surface area contributed by atoms with Gasteiger partial charge in [-0.1, -0.05) is 23.8 Å². The molecule has 0 heterocycles. The highest BCUT2D eigenvalue weighted by atomic mass is 16.5. The molecular weight excluding hydrogens is 370 g/mol. The van der Waals surface area contributed by atoms with Crippen molar-refractivity contribution in [3.8, 4) is 11.5 Å². The summed E-state index contributed by atoms with van der Waals surface area (Å²) in [7, 11) is 3.13. The third kappa shape index (κ3) is 5.98. The summed E-state index contributed by atoms with van der Waals surface area (Å²) >= 11 is 0. The molecule has 0 aliphatic heterocycles. The predicted molar refractivity (Wildman–Crippen MR) is 113 cm³/mol. The van der Waals surface area contributed by atoms with Crippen LogP contribution in [0.25, 0.3) is 0 Å². The van der Waals surface area contributed by atoms with Crippen molar-refractivity contribution in [1.29, 1.82) is 0 Å². The number of carbonyl (C=O) groups is 2. The lowest BCUT2D eigenvalue weighted by Crippen LogP contribution is -2.30. The molecule has 156 valence electrons. The number of ether oxygens (including phenoxy) is 3. The van der Waals surface area contributed by atoms with Crippen LogP contribution >= 0.6 is 0 Å². The summed E-state index contributed by atoms with van der Waals surface area (Å²) in [4.78, 5) is 24.6. The van der Waals surface area contributed by atoms with Crippen LogP contribution in [0.3, 0.4) is 0 Å². The molecule has 0 fully saturated rings. The normalized spacial score (nSPS) is 11.5. The second-order valence-corrected chi connectivity index (χ2v) is 7.08. The molecule has 0 unspecified atom stereocenters. The van der Waals surface area contributed by atoms with E-state index in [0.29, 0.717) is 17.9 Å². The van der Waals surface area contributed by atoms with Crippen LogP contribution in [0.4, 0.5) is 5.69 Å². The predicted octanol–water partition coefficient (Wildman–Crippen LogP) is 4.13. The van der Waals surface area contributed by atoms with E-state index in [1.165, 1.54) is 0 Å². The van der Waals surface area contributed by atoms with Crippen LogP contribution in [0, 0.1) is 20.8 Å². The quantitative estimate of drug-likeness (QED) is 0.676. The van der Waals surface area contributed by atoms with Crippen molar-refractivity contribution < 1.29 is 23.8 Å². The summed E-state index contributed by atoms with van der Waals surface area (Å²) in [6.45, 7) is 7.46. The average molecular weight is 399 g/mol. The Labute approximate surface area is 172 Å². The van der Waals surface area contributed by atoms with Gasteiger partial charge in [0.15, 0.2) is 17.6 Å². The number of amides is 1. The minimum absolute atomic E-state index is 0.162. The maximum atomic E-state index is 12.4. The van der Waals surface area contributed by atoms with Crippen LogP contribution < -0.4 is 14.8 Å². The van der Waals surface area contributed by atoms with Crippen LogP contribution in [0.5, 0.6) is 11.5 Å². The zero-order valence-electron chi connectivity index (χ0n) is 17.9. The monoisotopic (exact) mass is 399 g/mol. The highest BCUT2D eigenvalue weighted by Crippen LogP contribution is 2.28. The van der Waals surface area contributed by atoms with Crippen LogP contribution in [0.15, 0.2) is 30.3 Å². The Kier molecular flexibility index (Phi) is 7.65. The highest BCUT2D eigenvalue weighted by Gasteiger charge is 2.19. The Balaban J connectivity index is 1.91. The summed E-state index contributed by atoms with van der Waals surface area (Å²) in [5, 5.41) is 2.87. The largest absolute Gasteiger partial charge is 0.493 e. The van der Waals surface area contributed by atoms with Crippen molar-refractivity contribution in [2.75, 3.05) is 19.5 Å². The van der Waals surface area contributed by atoms with Crippen molar-refractivity contribution in [1.82, 2.24) is 0 Å². The van der Waals surface area contributed by atoms with Gasteiger partial charge in [-0.3, -0.25) is 9.59 Å². The maximum Gasteiger partial charge on any atom is 0.306 e. The van der Waals surface area contributed by atoms with Gasteiger partial charge in [-0.05, 0) is 62.9 Å². The molecule has 0 radical (unpaired) electrons. The van der Waals surface area contributed by atoms with E-state index < -0.39 is 12.1 Å². The molecule has 29 heavy (non-hydrogen) atoms. The first-order valence-electron chi connectivity index (χ1n) is 9.54. The van der Waals surface area contributed by atoms with Gasteiger partial charge < -0.3 is 19.5 Å². The van der Waals surface area contributed by atoms with Gasteiger partial charge in [0, 0.05) is 12.1 Å². The fraction of sp³-hybridized carbons (Fsp3) is 0.391. The Hall–Kier alpha value is -3.02. The van der Waals surface area contributed by atoms with Crippen LogP contribution in [-0.2, 0) is 20.7 Å². The smallest absolute Gasteiger partial charge is 0.306 e. The van der Waals surface area contributed by atoms with Gasteiger partial charge in [-0.25, -0.2) is 0 Å². The Morgan fingerprint density at radius 1 is 0.966 bits per heavy atom. The number of benzene rings is 2. The van der Waals surface area contributed by atoms with Crippen molar-refractivity contribution in [2.45, 2.75) is 46.6 Å². The Morgan fingerprint density at radius 2 is 1.59 bits per heavy atom. The second-order valence-electron chi connectivity index (χ2n) is 7.08. The molecule has 0 saturated heterocycles. The van der Waals surface area contributed by atoms with Gasteiger partial charge >= 0.3 is 5.97 Å². The van der Waals surface area contributed by atoms with Crippen LogP contribution in [0.1, 0.15) is 35.6 Å². The summed E-state index contributed by atoms with van der Waals surface area (Å²) in [5.41, 5.74) is 4.76. The lowest BCUT2D eigenvalue weighted by molar-refractivity contribution is -0.153. The molecule has 0 saturated carbocycles. The minimum Gasteiger partial charge on any atom is -0.493 e. The Morgan fingerprint density at radius 3 is 2.17 bits per heavy atom. The molecule has 2 aromatic rings. The molecule has 1 N–H and O–H groups in total. The number of carbonyl (C=O) groups excluding carboxylic acids is 2. The SMILES string of the molecule is COc1ccc(CCC(=O)O[C@H](C)C(=O)Nc2c(C)cc(C)cc2C)cc1OC. The minimum atomic E-state index is -0.881. The lowest BCUT2D eigenvalue weighted by atomic mass is 10.0.